The van der Waals surface area contributed by atoms with Crippen molar-refractivity contribution in [1.29, 1.82) is 0 Å². The third-order valence-electron chi connectivity index (χ3n) is 3.26. The lowest BCUT2D eigenvalue weighted by Crippen LogP contribution is -2.52. The van der Waals surface area contributed by atoms with E-state index >= 15 is 0 Å². The summed E-state index contributed by atoms with van der Waals surface area (Å²) >= 11 is 0. The summed E-state index contributed by atoms with van der Waals surface area (Å²) in [6, 6.07) is 0.633. The molecule has 88 valence electrons. The highest BCUT2D eigenvalue weighted by Gasteiger charge is 2.23. The average Bonchev–Trinajstić information content (AvgIpc) is 2.21. The van der Waals surface area contributed by atoms with Crippen molar-refractivity contribution in [2.45, 2.75) is 39.2 Å². The Morgan fingerprint density at radius 3 is 2.67 bits per heavy atom. The number of ketones is 1. The van der Waals surface area contributed by atoms with Crippen molar-refractivity contribution in [3.63, 3.8) is 0 Å². The Morgan fingerprint density at radius 1 is 1.33 bits per heavy atom. The Morgan fingerprint density at radius 2 is 2.07 bits per heavy atom. The van der Waals surface area contributed by atoms with Gasteiger partial charge in [0.15, 0.2) is 0 Å². The molecule has 1 fully saturated rings. The van der Waals surface area contributed by atoms with Gasteiger partial charge in [0.1, 0.15) is 5.78 Å². The van der Waals surface area contributed by atoms with E-state index in [9.17, 15) is 4.79 Å². The van der Waals surface area contributed by atoms with E-state index in [-0.39, 0.29) is 0 Å². The van der Waals surface area contributed by atoms with Crippen LogP contribution in [-0.4, -0.2) is 54.9 Å². The van der Waals surface area contributed by atoms with E-state index in [0.717, 1.165) is 32.5 Å². The molecule has 0 radical (unpaired) electrons. The van der Waals surface area contributed by atoms with Crippen LogP contribution in [0.25, 0.3) is 0 Å². The molecule has 0 aromatic heterocycles. The number of rotatable bonds is 5. The van der Waals surface area contributed by atoms with Gasteiger partial charge in [-0.3, -0.25) is 9.69 Å². The fourth-order valence-electron chi connectivity index (χ4n) is 2.20. The van der Waals surface area contributed by atoms with Crippen LogP contribution in [0.15, 0.2) is 0 Å². The van der Waals surface area contributed by atoms with Crippen LogP contribution in [0.3, 0.4) is 0 Å². The predicted octanol–water partition coefficient (Wildman–Crippen LogP) is 1.38. The molecule has 1 saturated heterocycles. The molecule has 15 heavy (non-hydrogen) atoms. The van der Waals surface area contributed by atoms with Crippen molar-refractivity contribution in [1.82, 2.24) is 9.80 Å². The van der Waals surface area contributed by atoms with Gasteiger partial charge in [-0.1, -0.05) is 13.8 Å². The van der Waals surface area contributed by atoms with Crippen LogP contribution in [0.2, 0.25) is 0 Å². The summed E-state index contributed by atoms with van der Waals surface area (Å²) in [5, 5.41) is 0. The van der Waals surface area contributed by atoms with Crippen LogP contribution < -0.4 is 0 Å². The first-order valence-corrected chi connectivity index (χ1v) is 6.11. The second-order valence-corrected chi connectivity index (χ2v) is 4.57. The minimum Gasteiger partial charge on any atom is -0.301 e. The van der Waals surface area contributed by atoms with Gasteiger partial charge in [0, 0.05) is 32.1 Å². The highest BCUT2D eigenvalue weighted by atomic mass is 16.1. The molecule has 1 heterocycles. The van der Waals surface area contributed by atoms with Crippen molar-refractivity contribution >= 4 is 5.78 Å². The topological polar surface area (TPSA) is 23.6 Å². The molecule has 0 aromatic rings. The summed E-state index contributed by atoms with van der Waals surface area (Å²) in [5.41, 5.74) is 0. The number of carbonyl (C=O) groups excluding carboxylic acids is 1. The Balaban J connectivity index is 2.34. The molecule has 1 aliphatic rings. The second-order valence-electron chi connectivity index (χ2n) is 4.57. The Bertz CT molecular complexity index is 206. The SMILES string of the molecule is CCCC(=O)CN1CCN(C)C(CC)C1. The molecule has 0 aliphatic carbocycles. The molecule has 3 nitrogen and oxygen atoms in total. The molecule has 0 N–H and O–H groups in total. The van der Waals surface area contributed by atoms with E-state index in [1.54, 1.807) is 0 Å². The van der Waals surface area contributed by atoms with Crippen molar-refractivity contribution in [3.05, 3.63) is 0 Å². The molecule has 3 heteroatoms. The maximum atomic E-state index is 11.5. The molecular weight excluding hydrogens is 188 g/mol. The van der Waals surface area contributed by atoms with Gasteiger partial charge in [-0.25, -0.2) is 0 Å². The summed E-state index contributed by atoms with van der Waals surface area (Å²) in [4.78, 5) is 16.2. The highest BCUT2D eigenvalue weighted by Crippen LogP contribution is 2.10. The first kappa shape index (κ1) is 12.7. The Hall–Kier alpha value is -0.410. The quantitative estimate of drug-likeness (QED) is 0.688. The number of hydrogen-bond acceptors (Lipinski definition) is 3. The molecule has 0 bridgehead atoms. The molecule has 1 atom stereocenters. The third kappa shape index (κ3) is 3.92. The fraction of sp³-hybridized carbons (Fsp3) is 0.917. The van der Waals surface area contributed by atoms with Crippen LogP contribution >= 0.6 is 0 Å². The number of carbonyl (C=O) groups is 1. The number of piperazine rings is 1. The van der Waals surface area contributed by atoms with Crippen molar-refractivity contribution in [2.75, 3.05) is 33.2 Å². The van der Waals surface area contributed by atoms with Gasteiger partial charge in [0.05, 0.1) is 6.54 Å². The summed E-state index contributed by atoms with van der Waals surface area (Å²) in [6.45, 7) is 8.15. The van der Waals surface area contributed by atoms with Crippen molar-refractivity contribution < 1.29 is 4.79 Å². The van der Waals surface area contributed by atoms with Gasteiger partial charge in [-0.05, 0) is 19.9 Å². The van der Waals surface area contributed by atoms with Gasteiger partial charge in [0.25, 0.3) is 0 Å². The lowest BCUT2D eigenvalue weighted by atomic mass is 10.1. The Kier molecular flexibility index (Phi) is 5.26. The molecule has 0 spiro atoms. The first-order valence-electron chi connectivity index (χ1n) is 6.11. The lowest BCUT2D eigenvalue weighted by molar-refractivity contribution is -0.120. The number of likely N-dealkylation sites (N-methyl/N-ethyl adjacent to an activating group) is 1. The standard InChI is InChI=1S/C12H24N2O/c1-4-6-12(15)10-14-8-7-13(3)11(5-2)9-14/h11H,4-10H2,1-3H3. The van der Waals surface area contributed by atoms with Crippen molar-refractivity contribution in [2.24, 2.45) is 0 Å². The van der Waals surface area contributed by atoms with E-state index in [2.05, 4.69) is 30.7 Å². The fourth-order valence-corrected chi connectivity index (χ4v) is 2.20. The largest absolute Gasteiger partial charge is 0.301 e. The van der Waals surface area contributed by atoms with Crippen LogP contribution in [-0.2, 0) is 4.79 Å². The first-order chi connectivity index (χ1) is 7.17. The highest BCUT2D eigenvalue weighted by molar-refractivity contribution is 5.80. The molecule has 1 unspecified atom stereocenters. The van der Waals surface area contributed by atoms with E-state index < -0.39 is 0 Å². The second kappa shape index (κ2) is 6.23. The van der Waals surface area contributed by atoms with E-state index in [1.165, 1.54) is 6.42 Å². The zero-order valence-corrected chi connectivity index (χ0v) is 10.3. The summed E-state index contributed by atoms with van der Waals surface area (Å²) < 4.78 is 0. The third-order valence-corrected chi connectivity index (χ3v) is 3.26. The monoisotopic (exact) mass is 212 g/mol. The maximum Gasteiger partial charge on any atom is 0.146 e. The van der Waals surface area contributed by atoms with Crippen LogP contribution in [0, 0.1) is 0 Å². The van der Waals surface area contributed by atoms with E-state index in [1.807, 2.05) is 0 Å². The minimum atomic E-state index is 0.400. The molecule has 0 saturated carbocycles. The maximum absolute atomic E-state index is 11.5. The molecule has 1 aliphatic heterocycles. The summed E-state index contributed by atoms with van der Waals surface area (Å²) in [7, 11) is 2.18. The molecular formula is C12H24N2O. The smallest absolute Gasteiger partial charge is 0.146 e. The van der Waals surface area contributed by atoms with Crippen LogP contribution in [0.4, 0.5) is 0 Å². The van der Waals surface area contributed by atoms with Crippen LogP contribution in [0.5, 0.6) is 0 Å². The summed E-state index contributed by atoms with van der Waals surface area (Å²) in [5.74, 6) is 0.400. The zero-order chi connectivity index (χ0) is 11.3. The summed E-state index contributed by atoms with van der Waals surface area (Å²) in [6.07, 6.45) is 2.89. The Labute approximate surface area is 93.4 Å². The van der Waals surface area contributed by atoms with E-state index in [0.29, 0.717) is 18.4 Å². The number of hydrogen-bond donors (Lipinski definition) is 0. The minimum absolute atomic E-state index is 0.400. The van der Waals surface area contributed by atoms with Gasteiger partial charge in [0.2, 0.25) is 0 Å². The van der Waals surface area contributed by atoms with Gasteiger partial charge in [-0.2, -0.15) is 0 Å². The number of Topliss-reactive ketones (excluding diaryl/α,β-unsaturated/α-hetero) is 1. The van der Waals surface area contributed by atoms with Gasteiger partial charge in [-0.15, -0.1) is 0 Å². The lowest BCUT2D eigenvalue weighted by Gasteiger charge is -2.38. The van der Waals surface area contributed by atoms with Gasteiger partial charge >= 0.3 is 0 Å². The van der Waals surface area contributed by atoms with Gasteiger partial charge < -0.3 is 4.90 Å². The average molecular weight is 212 g/mol. The molecule has 0 amide bonds. The normalized spacial score (nSPS) is 24.3. The molecule has 0 aromatic carbocycles. The molecule has 1 rings (SSSR count). The zero-order valence-electron chi connectivity index (χ0n) is 10.3. The predicted molar refractivity (Wildman–Crippen MR) is 63.1 cm³/mol. The van der Waals surface area contributed by atoms with Crippen molar-refractivity contribution in [3.8, 4) is 0 Å². The van der Waals surface area contributed by atoms with Crippen LogP contribution in [0.1, 0.15) is 33.1 Å². The number of nitrogens with zero attached hydrogens (tertiary/aromatic N) is 2. The van der Waals surface area contributed by atoms with E-state index in [4.69, 9.17) is 0 Å².